The molecule has 1 nitrogen and oxygen atoms in total. The zero-order valence-corrected chi connectivity index (χ0v) is 19.0. The van der Waals surface area contributed by atoms with Crippen LogP contribution >= 0.6 is 0 Å². The molecular weight excluding hydrogens is 326 g/mol. The number of aryl methyl sites for hydroxylation is 2. The minimum absolute atomic E-state index is 0.965. The van der Waals surface area contributed by atoms with Crippen molar-refractivity contribution in [1.82, 2.24) is 0 Å². The van der Waals surface area contributed by atoms with Gasteiger partial charge >= 0.3 is 0 Å². The highest BCUT2D eigenvalue weighted by atomic mass is 14.7. The van der Waals surface area contributed by atoms with Crippen LogP contribution in [0.25, 0.3) is 0 Å². The second-order valence-electron chi connectivity index (χ2n) is 6.90. The van der Waals surface area contributed by atoms with Crippen molar-refractivity contribution < 1.29 is 0 Å². The molecule has 0 aliphatic carbocycles. The van der Waals surface area contributed by atoms with Gasteiger partial charge in [-0.2, -0.15) is 0 Å². The molecule has 0 radical (unpaired) electrons. The summed E-state index contributed by atoms with van der Waals surface area (Å²) in [6, 6.07) is 4.51. The van der Waals surface area contributed by atoms with Crippen LogP contribution in [-0.2, 0) is 12.8 Å². The summed E-state index contributed by atoms with van der Waals surface area (Å²) in [5.74, 6) is 0. The van der Waals surface area contributed by atoms with Crippen molar-refractivity contribution in [3.63, 3.8) is 0 Å². The molecule has 0 fully saturated rings. The van der Waals surface area contributed by atoms with Gasteiger partial charge in [0.15, 0.2) is 0 Å². The van der Waals surface area contributed by atoms with Gasteiger partial charge in [-0.1, -0.05) is 62.8 Å². The van der Waals surface area contributed by atoms with Crippen LogP contribution in [0.5, 0.6) is 0 Å². The fourth-order valence-electron chi connectivity index (χ4n) is 2.83. The standard InChI is InChI=1S/C24H33N.C2H6/c1-9-11-12-24(25-16-17(3)4)20(7)19(6)15-23-18(5)13-14-22(10-2)21(23)8;1-2/h9,11-14,16H,1,10,15H2,2-8H3;1-2H3/b12-11-,20-19+,25-24?;. The Kier molecular flexibility index (Phi) is 12.0. The first kappa shape index (κ1) is 24.8. The van der Waals surface area contributed by atoms with Gasteiger partial charge in [-0.25, -0.2) is 0 Å². The maximum Gasteiger partial charge on any atom is 0.0658 e. The van der Waals surface area contributed by atoms with E-state index in [1.807, 2.05) is 32.2 Å². The van der Waals surface area contributed by atoms with Crippen molar-refractivity contribution in [1.29, 1.82) is 0 Å². The second-order valence-corrected chi connectivity index (χ2v) is 6.90. The third kappa shape index (κ3) is 7.95. The lowest BCUT2D eigenvalue weighted by Gasteiger charge is -2.16. The van der Waals surface area contributed by atoms with Gasteiger partial charge in [0, 0.05) is 6.20 Å². The molecule has 0 aliphatic heterocycles. The van der Waals surface area contributed by atoms with Crippen molar-refractivity contribution in [3.8, 4) is 0 Å². The normalized spacial score (nSPS) is 12.3. The summed E-state index contributed by atoms with van der Waals surface area (Å²) in [6.07, 6.45) is 9.74. The zero-order chi connectivity index (χ0) is 21.0. The van der Waals surface area contributed by atoms with Gasteiger partial charge in [-0.3, -0.25) is 4.99 Å². The Morgan fingerprint density at radius 2 is 1.70 bits per heavy atom. The highest BCUT2D eigenvalue weighted by Crippen LogP contribution is 2.23. The molecule has 0 N–H and O–H groups in total. The molecule has 0 bridgehead atoms. The topological polar surface area (TPSA) is 12.4 Å². The zero-order valence-electron chi connectivity index (χ0n) is 19.0. The van der Waals surface area contributed by atoms with Gasteiger partial charge < -0.3 is 0 Å². The third-order valence-corrected chi connectivity index (χ3v) is 4.64. The SMILES string of the molecule is C=C/C=C\C(=NC=C(C)C)/C(C)=C(\C)Cc1c(C)ccc(CC)c1C.CC. The number of aliphatic imine (C=N–C) groups is 1. The van der Waals surface area contributed by atoms with E-state index in [0.717, 1.165) is 18.6 Å². The summed E-state index contributed by atoms with van der Waals surface area (Å²) in [5.41, 5.74) is 10.5. The molecule has 0 spiro atoms. The van der Waals surface area contributed by atoms with E-state index in [2.05, 4.69) is 72.2 Å². The first-order chi connectivity index (χ1) is 12.8. The molecule has 0 aromatic heterocycles. The van der Waals surface area contributed by atoms with Gasteiger partial charge in [0.2, 0.25) is 0 Å². The number of rotatable bonds is 7. The van der Waals surface area contributed by atoms with Gasteiger partial charge in [0.1, 0.15) is 0 Å². The predicted molar refractivity (Wildman–Crippen MR) is 125 cm³/mol. The van der Waals surface area contributed by atoms with Crippen molar-refractivity contribution in [2.75, 3.05) is 0 Å². The Balaban J connectivity index is 0.00000326. The summed E-state index contributed by atoms with van der Waals surface area (Å²) in [6.45, 7) is 23.0. The number of hydrogen-bond donors (Lipinski definition) is 0. The van der Waals surface area contributed by atoms with Gasteiger partial charge in [-0.15, -0.1) is 0 Å². The molecule has 0 heterocycles. The summed E-state index contributed by atoms with van der Waals surface area (Å²) < 4.78 is 0. The summed E-state index contributed by atoms with van der Waals surface area (Å²) in [5, 5.41) is 0. The number of nitrogens with zero attached hydrogens (tertiary/aromatic N) is 1. The first-order valence-electron chi connectivity index (χ1n) is 10.1. The smallest absolute Gasteiger partial charge is 0.0658 e. The van der Waals surface area contributed by atoms with Crippen LogP contribution in [0, 0.1) is 13.8 Å². The molecule has 0 saturated heterocycles. The Morgan fingerprint density at radius 3 is 2.22 bits per heavy atom. The monoisotopic (exact) mass is 365 g/mol. The Labute approximate surface area is 168 Å². The predicted octanol–water partition coefficient (Wildman–Crippen LogP) is 7.88. The molecule has 1 aromatic carbocycles. The lowest BCUT2D eigenvalue weighted by molar-refractivity contribution is 1.03. The van der Waals surface area contributed by atoms with Gasteiger partial charge in [-0.05, 0) is 88.3 Å². The lowest BCUT2D eigenvalue weighted by atomic mass is 9.90. The Bertz CT molecular complexity index is 736. The molecule has 0 saturated carbocycles. The van der Waals surface area contributed by atoms with E-state index in [-0.39, 0.29) is 0 Å². The van der Waals surface area contributed by atoms with Crippen LogP contribution in [0.1, 0.15) is 70.7 Å². The van der Waals surface area contributed by atoms with E-state index in [0.29, 0.717) is 0 Å². The van der Waals surface area contributed by atoms with Crippen molar-refractivity contribution in [3.05, 3.63) is 82.1 Å². The Morgan fingerprint density at radius 1 is 1.07 bits per heavy atom. The van der Waals surface area contributed by atoms with E-state index in [4.69, 9.17) is 0 Å². The fourth-order valence-corrected chi connectivity index (χ4v) is 2.83. The quantitative estimate of drug-likeness (QED) is 0.344. The van der Waals surface area contributed by atoms with E-state index < -0.39 is 0 Å². The van der Waals surface area contributed by atoms with Crippen LogP contribution < -0.4 is 0 Å². The maximum atomic E-state index is 4.66. The average molecular weight is 366 g/mol. The molecule has 1 heteroatoms. The van der Waals surface area contributed by atoms with E-state index in [9.17, 15) is 0 Å². The summed E-state index contributed by atoms with van der Waals surface area (Å²) in [4.78, 5) is 4.66. The van der Waals surface area contributed by atoms with Crippen LogP contribution in [-0.4, -0.2) is 5.71 Å². The molecule has 148 valence electrons. The highest BCUT2D eigenvalue weighted by Gasteiger charge is 2.10. The van der Waals surface area contributed by atoms with Crippen LogP contribution in [0.3, 0.4) is 0 Å². The van der Waals surface area contributed by atoms with Crippen LogP contribution in [0.2, 0.25) is 0 Å². The number of hydrogen-bond acceptors (Lipinski definition) is 1. The van der Waals surface area contributed by atoms with E-state index in [1.165, 1.54) is 39.0 Å². The molecule has 0 amide bonds. The fraction of sp³-hybridized carbons (Fsp3) is 0.423. The van der Waals surface area contributed by atoms with Crippen molar-refractivity contribution >= 4 is 5.71 Å². The first-order valence-corrected chi connectivity index (χ1v) is 10.1. The molecule has 27 heavy (non-hydrogen) atoms. The molecular formula is C26H39N. The van der Waals surface area contributed by atoms with Crippen LogP contribution in [0.15, 0.2) is 64.9 Å². The molecule has 1 aromatic rings. The average Bonchev–Trinajstić information content (AvgIpc) is 2.66. The maximum absolute atomic E-state index is 4.66. The molecule has 1 rings (SSSR count). The molecule has 0 atom stereocenters. The van der Waals surface area contributed by atoms with E-state index >= 15 is 0 Å². The Hall–Kier alpha value is -2.15. The van der Waals surface area contributed by atoms with Crippen molar-refractivity contribution in [2.24, 2.45) is 4.99 Å². The van der Waals surface area contributed by atoms with Crippen molar-refractivity contribution in [2.45, 2.75) is 75.2 Å². The third-order valence-electron chi connectivity index (χ3n) is 4.64. The van der Waals surface area contributed by atoms with Crippen LogP contribution in [0.4, 0.5) is 0 Å². The minimum atomic E-state index is 0.965. The summed E-state index contributed by atoms with van der Waals surface area (Å²) >= 11 is 0. The highest BCUT2D eigenvalue weighted by molar-refractivity contribution is 6.08. The summed E-state index contributed by atoms with van der Waals surface area (Å²) in [7, 11) is 0. The van der Waals surface area contributed by atoms with Gasteiger partial charge in [0.05, 0.1) is 5.71 Å². The lowest BCUT2D eigenvalue weighted by Crippen LogP contribution is -2.04. The number of allylic oxidation sites excluding steroid dienone is 6. The molecule has 0 unspecified atom stereocenters. The van der Waals surface area contributed by atoms with Gasteiger partial charge in [0.25, 0.3) is 0 Å². The minimum Gasteiger partial charge on any atom is -0.257 e. The second kappa shape index (κ2) is 13.1. The molecule has 0 aliphatic rings. The number of benzene rings is 1. The van der Waals surface area contributed by atoms with E-state index in [1.54, 1.807) is 6.08 Å². The largest absolute Gasteiger partial charge is 0.257 e.